The van der Waals surface area contributed by atoms with Crippen molar-refractivity contribution >= 4 is 22.9 Å². The number of ether oxygens (including phenoxy) is 1. The number of carbonyl (C=O) groups excluding carboxylic acids is 1. The second kappa shape index (κ2) is 9.47. The Hall–Kier alpha value is -3.38. The molecule has 3 aromatic rings. The number of hydrogen-bond acceptors (Lipinski definition) is 7. The van der Waals surface area contributed by atoms with Crippen LogP contribution in [0.5, 0.6) is 0 Å². The number of esters is 1. The molecule has 0 aliphatic carbocycles. The van der Waals surface area contributed by atoms with E-state index in [0.29, 0.717) is 33.9 Å². The Morgan fingerprint density at radius 3 is 2.59 bits per heavy atom. The van der Waals surface area contributed by atoms with Crippen LogP contribution in [0.4, 0.5) is 17.6 Å². The fourth-order valence-electron chi connectivity index (χ4n) is 3.57. The Bertz CT molecular complexity index is 1280. The zero-order chi connectivity index (χ0) is 24.5. The first-order valence-electron chi connectivity index (χ1n) is 10.1. The van der Waals surface area contributed by atoms with Crippen LogP contribution in [0, 0.1) is 5.82 Å². The van der Waals surface area contributed by atoms with Crippen molar-refractivity contribution in [2.24, 2.45) is 0 Å². The second-order valence-electron chi connectivity index (χ2n) is 7.47. The fourth-order valence-corrected chi connectivity index (χ4v) is 4.44. The Morgan fingerprint density at radius 2 is 1.97 bits per heavy atom. The topological polar surface area (TPSA) is 86.1 Å². The highest BCUT2D eigenvalue weighted by Crippen LogP contribution is 2.35. The summed E-state index contributed by atoms with van der Waals surface area (Å²) < 4.78 is 58.5. The molecule has 1 aliphatic heterocycles. The summed E-state index contributed by atoms with van der Waals surface area (Å²) in [5.41, 5.74) is 0.517. The van der Waals surface area contributed by atoms with Crippen molar-refractivity contribution in [3.8, 4) is 0 Å². The summed E-state index contributed by atoms with van der Waals surface area (Å²) in [5, 5.41) is 3.09. The Labute approximate surface area is 194 Å². The molecule has 1 aliphatic rings. The molecule has 0 amide bonds. The lowest BCUT2D eigenvalue weighted by Crippen LogP contribution is -2.42. The number of nitrogens with one attached hydrogen (secondary N) is 1. The number of benzene rings is 1. The minimum Gasteiger partial charge on any atom is -0.455 e. The number of aromatic nitrogens is 3. The van der Waals surface area contributed by atoms with Crippen LogP contribution in [0.2, 0.25) is 0 Å². The van der Waals surface area contributed by atoms with Crippen molar-refractivity contribution in [1.29, 1.82) is 0 Å². The van der Waals surface area contributed by atoms with Gasteiger partial charge in [0.15, 0.2) is 5.82 Å². The normalized spacial score (nSPS) is 18.4. The quantitative estimate of drug-likeness (QED) is 0.431. The average Bonchev–Trinajstić information content (AvgIpc) is 3.25. The molecule has 1 aromatic carbocycles. The molecule has 2 atom stereocenters. The Kier molecular flexibility index (Phi) is 6.62. The predicted octanol–water partition coefficient (Wildman–Crippen LogP) is 3.57. The van der Waals surface area contributed by atoms with Crippen LogP contribution >= 0.6 is 11.3 Å². The van der Waals surface area contributed by atoms with Gasteiger partial charge in [0.25, 0.3) is 0 Å². The zero-order valence-electron chi connectivity index (χ0n) is 17.7. The summed E-state index contributed by atoms with van der Waals surface area (Å²) in [6.45, 7) is 1.46. The minimum atomic E-state index is -4.46. The molecule has 34 heavy (non-hydrogen) atoms. The third-order valence-electron chi connectivity index (χ3n) is 5.07. The van der Waals surface area contributed by atoms with Crippen LogP contribution in [0.25, 0.3) is 5.57 Å². The van der Waals surface area contributed by atoms with Gasteiger partial charge in [0.05, 0.1) is 6.54 Å². The van der Waals surface area contributed by atoms with E-state index in [-0.39, 0.29) is 12.4 Å². The van der Waals surface area contributed by atoms with E-state index in [1.165, 1.54) is 31.5 Å². The average molecular weight is 494 g/mol. The zero-order valence-corrected chi connectivity index (χ0v) is 18.5. The van der Waals surface area contributed by atoms with E-state index in [4.69, 9.17) is 4.74 Å². The summed E-state index contributed by atoms with van der Waals surface area (Å²) in [6, 6.07) is 7.15. The minimum absolute atomic E-state index is 0.0578. The van der Waals surface area contributed by atoms with Gasteiger partial charge in [-0.25, -0.2) is 14.2 Å². The lowest BCUT2D eigenvalue weighted by atomic mass is 9.91. The van der Waals surface area contributed by atoms with Gasteiger partial charge in [0.1, 0.15) is 29.2 Å². The summed E-state index contributed by atoms with van der Waals surface area (Å²) in [7, 11) is 0. The first-order chi connectivity index (χ1) is 16.1. The highest BCUT2D eigenvalue weighted by Gasteiger charge is 2.35. The Morgan fingerprint density at radius 1 is 1.24 bits per heavy atom. The Balaban J connectivity index is 1.61. The highest BCUT2D eigenvalue weighted by molar-refractivity contribution is 7.12. The third kappa shape index (κ3) is 5.23. The number of nitrogens with zero attached hydrogens (tertiary/aromatic N) is 3. The maximum absolute atomic E-state index is 13.4. The molecule has 0 saturated carbocycles. The molecule has 2 aromatic heterocycles. The first-order valence-corrected chi connectivity index (χ1v) is 10.9. The number of alkyl halides is 3. The number of thiophene rings is 1. The molecule has 0 fully saturated rings. The number of carbonyl (C=O) groups is 1. The molecule has 7 nitrogen and oxygen atoms in total. The van der Waals surface area contributed by atoms with E-state index >= 15 is 0 Å². The summed E-state index contributed by atoms with van der Waals surface area (Å²) in [4.78, 5) is 32.2. The maximum atomic E-state index is 13.4. The van der Waals surface area contributed by atoms with E-state index in [2.05, 4.69) is 15.3 Å². The van der Waals surface area contributed by atoms with Crippen molar-refractivity contribution in [3.63, 3.8) is 0 Å². The van der Waals surface area contributed by atoms with Crippen molar-refractivity contribution < 1.29 is 27.1 Å². The molecule has 0 saturated heterocycles. The molecule has 2 unspecified atom stereocenters. The number of rotatable bonds is 5. The van der Waals surface area contributed by atoms with Gasteiger partial charge in [-0.3, -0.25) is 9.36 Å². The second-order valence-corrected chi connectivity index (χ2v) is 8.64. The molecule has 0 spiro atoms. The molecule has 178 valence electrons. The van der Waals surface area contributed by atoms with Gasteiger partial charge < -0.3 is 10.1 Å². The van der Waals surface area contributed by atoms with Crippen LogP contribution in [0.15, 0.2) is 53.6 Å². The number of hydrogen-bond donors (Lipinski definition) is 1. The van der Waals surface area contributed by atoms with E-state index < -0.39 is 40.7 Å². The molecule has 3 heterocycles. The van der Waals surface area contributed by atoms with Crippen molar-refractivity contribution in [2.45, 2.75) is 31.8 Å². The number of halogens is 4. The van der Waals surface area contributed by atoms with Crippen molar-refractivity contribution in [3.05, 3.63) is 86.2 Å². The smallest absolute Gasteiger partial charge is 0.425 e. The first kappa shape index (κ1) is 23.8. The molecular weight excluding hydrogens is 476 g/mol. The molecule has 12 heteroatoms. The van der Waals surface area contributed by atoms with E-state index in [1.807, 2.05) is 0 Å². The predicted molar refractivity (Wildman–Crippen MR) is 115 cm³/mol. The van der Waals surface area contributed by atoms with Crippen molar-refractivity contribution in [1.82, 2.24) is 19.9 Å². The molecule has 4 rings (SSSR count). The maximum Gasteiger partial charge on any atom is 0.425 e. The third-order valence-corrected chi connectivity index (χ3v) is 6.18. The van der Waals surface area contributed by atoms with Crippen LogP contribution in [-0.2, 0) is 22.3 Å². The molecular formula is C22H18F4N4O3S. The monoisotopic (exact) mass is 494 g/mol. The lowest BCUT2D eigenvalue weighted by molar-refractivity contribution is -0.145. The van der Waals surface area contributed by atoms with Gasteiger partial charge in [-0.05, 0) is 35.4 Å². The fraction of sp³-hybridized carbons (Fsp3) is 0.273. The SMILES string of the molecule is CC(=O)OC1C(c2ccc(F)cc2)=CCNC1c1ncn(Cc2ccc(C(F)(F)F)s2)c(=O)n1. The summed E-state index contributed by atoms with van der Waals surface area (Å²) >= 11 is 0.537. The largest absolute Gasteiger partial charge is 0.455 e. The summed E-state index contributed by atoms with van der Waals surface area (Å²) in [6.07, 6.45) is -2.37. The van der Waals surface area contributed by atoms with Gasteiger partial charge >= 0.3 is 17.8 Å². The van der Waals surface area contributed by atoms with E-state index in [9.17, 15) is 27.2 Å². The molecule has 0 radical (unpaired) electrons. The van der Waals surface area contributed by atoms with Crippen LogP contribution in [0.1, 0.15) is 34.1 Å². The van der Waals surface area contributed by atoms with Gasteiger partial charge in [0.2, 0.25) is 0 Å². The van der Waals surface area contributed by atoms with Gasteiger partial charge in [0, 0.05) is 18.3 Å². The summed E-state index contributed by atoms with van der Waals surface area (Å²) in [5.74, 6) is -0.931. The van der Waals surface area contributed by atoms with Crippen LogP contribution in [-0.4, -0.2) is 33.2 Å². The standard InChI is InChI=1S/C22H18F4N4O3S/c1-12(31)33-19-16(13-2-4-14(23)5-3-13)8-9-27-18(19)20-28-11-30(21(32)29-20)10-15-6-7-17(34-15)22(24,25)26/h2-8,11,18-19,27H,9-10H2,1H3. The van der Waals surface area contributed by atoms with Crippen LogP contribution in [0.3, 0.4) is 0 Å². The highest BCUT2D eigenvalue weighted by atomic mass is 32.1. The van der Waals surface area contributed by atoms with E-state index in [1.54, 1.807) is 18.2 Å². The van der Waals surface area contributed by atoms with Gasteiger partial charge in [-0.15, -0.1) is 11.3 Å². The van der Waals surface area contributed by atoms with Crippen molar-refractivity contribution in [2.75, 3.05) is 6.54 Å². The molecule has 0 bridgehead atoms. The van der Waals surface area contributed by atoms with Gasteiger partial charge in [-0.2, -0.15) is 18.2 Å². The molecule has 1 N–H and O–H groups in total. The lowest BCUT2D eigenvalue weighted by Gasteiger charge is -2.32. The van der Waals surface area contributed by atoms with Crippen LogP contribution < -0.4 is 11.0 Å². The van der Waals surface area contributed by atoms with E-state index in [0.717, 1.165) is 10.6 Å². The van der Waals surface area contributed by atoms with Gasteiger partial charge in [-0.1, -0.05) is 18.2 Å².